The normalized spacial score (nSPS) is 9.57. The van der Waals surface area contributed by atoms with Gasteiger partial charge in [0.2, 0.25) is 0 Å². The van der Waals surface area contributed by atoms with Crippen molar-refractivity contribution in [3.05, 3.63) is 30.1 Å². The topological polar surface area (TPSA) is 42.3 Å². The van der Waals surface area contributed by atoms with Gasteiger partial charge in [0.15, 0.2) is 0 Å². The Morgan fingerprint density at radius 1 is 1.43 bits per heavy atom. The van der Waals surface area contributed by atoms with E-state index in [1.165, 1.54) is 29.7 Å². The van der Waals surface area contributed by atoms with Crippen molar-refractivity contribution in [1.82, 2.24) is 4.98 Å². The van der Waals surface area contributed by atoms with E-state index >= 15 is 0 Å². The van der Waals surface area contributed by atoms with Crippen molar-refractivity contribution in [2.24, 2.45) is 4.99 Å². The number of amides is 1. The molecule has 0 saturated carbocycles. The third kappa shape index (κ3) is 3.16. The monoisotopic (exact) mass is 226 g/mol. The van der Waals surface area contributed by atoms with Gasteiger partial charge in [-0.15, -0.1) is 23.5 Å². The van der Waals surface area contributed by atoms with Gasteiger partial charge in [-0.1, -0.05) is 0 Å². The molecule has 74 valence electrons. The molecule has 0 N–H and O–H groups in total. The Kier molecular flexibility index (Phi) is 4.69. The number of thioether (sulfide) groups is 2. The number of aromatic nitrogens is 1. The van der Waals surface area contributed by atoms with Crippen molar-refractivity contribution in [1.29, 1.82) is 0 Å². The molecule has 0 spiro atoms. The van der Waals surface area contributed by atoms with E-state index in [1.807, 2.05) is 12.5 Å². The zero-order valence-electron chi connectivity index (χ0n) is 7.93. The Hall–Kier alpha value is -0.810. The number of carbonyl (C=O) groups excluding carboxylic acids is 1. The Balaban J connectivity index is 2.82. The van der Waals surface area contributed by atoms with Crippen LogP contribution >= 0.6 is 23.5 Å². The minimum Gasteiger partial charge on any atom is -0.267 e. The molecule has 1 rings (SSSR count). The Morgan fingerprint density at radius 3 is 2.64 bits per heavy atom. The minimum absolute atomic E-state index is 0.239. The summed E-state index contributed by atoms with van der Waals surface area (Å²) in [6.07, 6.45) is 6.94. The van der Waals surface area contributed by atoms with Crippen molar-refractivity contribution >= 4 is 33.8 Å². The van der Waals surface area contributed by atoms with Crippen LogP contribution in [0.2, 0.25) is 0 Å². The molecule has 0 radical (unpaired) electrons. The number of carbonyl (C=O) groups is 1. The summed E-state index contributed by atoms with van der Waals surface area (Å²) in [4.78, 5) is 19.3. The van der Waals surface area contributed by atoms with Gasteiger partial charge in [-0.05, 0) is 24.6 Å². The molecule has 1 aromatic heterocycles. The lowest BCUT2D eigenvalue weighted by molar-refractivity contribution is 0.100. The summed E-state index contributed by atoms with van der Waals surface area (Å²) in [5.41, 5.74) is 0.521. The van der Waals surface area contributed by atoms with Gasteiger partial charge < -0.3 is 0 Å². The minimum atomic E-state index is -0.239. The Labute approximate surface area is 91.4 Å². The zero-order valence-corrected chi connectivity index (χ0v) is 9.56. The van der Waals surface area contributed by atoms with Crippen LogP contribution in [0.3, 0.4) is 0 Å². The van der Waals surface area contributed by atoms with E-state index in [4.69, 9.17) is 0 Å². The maximum Gasteiger partial charge on any atom is 0.280 e. The smallest absolute Gasteiger partial charge is 0.267 e. The van der Waals surface area contributed by atoms with Crippen molar-refractivity contribution in [2.75, 3.05) is 12.5 Å². The molecule has 0 aliphatic rings. The first kappa shape index (κ1) is 11.3. The summed E-state index contributed by atoms with van der Waals surface area (Å²) < 4.78 is 0.763. The number of nitrogens with zero attached hydrogens (tertiary/aromatic N) is 2. The van der Waals surface area contributed by atoms with Gasteiger partial charge in [0, 0.05) is 12.4 Å². The van der Waals surface area contributed by atoms with Crippen LogP contribution in [0.25, 0.3) is 0 Å². The fraction of sp³-hybridized carbons (Fsp3) is 0.222. The first-order valence-corrected chi connectivity index (χ1v) is 6.34. The molecule has 0 unspecified atom stereocenters. The molecule has 0 bridgehead atoms. The average molecular weight is 226 g/mol. The van der Waals surface area contributed by atoms with Crippen LogP contribution < -0.4 is 0 Å². The van der Waals surface area contributed by atoms with E-state index in [0.717, 1.165) is 4.38 Å². The van der Waals surface area contributed by atoms with Crippen LogP contribution in [0.5, 0.6) is 0 Å². The number of hydrogen-bond donors (Lipinski definition) is 0. The van der Waals surface area contributed by atoms with Gasteiger partial charge in [0.05, 0.1) is 5.56 Å². The quantitative estimate of drug-likeness (QED) is 0.544. The van der Waals surface area contributed by atoms with Gasteiger partial charge in [-0.25, -0.2) is 0 Å². The Morgan fingerprint density at radius 2 is 2.14 bits per heavy atom. The van der Waals surface area contributed by atoms with E-state index < -0.39 is 0 Å². The highest BCUT2D eigenvalue weighted by Crippen LogP contribution is 2.12. The molecule has 0 aromatic carbocycles. The lowest BCUT2D eigenvalue weighted by Crippen LogP contribution is -1.98. The van der Waals surface area contributed by atoms with E-state index in [1.54, 1.807) is 18.3 Å². The molecule has 0 atom stereocenters. The van der Waals surface area contributed by atoms with Crippen LogP contribution in [0.1, 0.15) is 10.4 Å². The number of aliphatic imine (C=N–C) groups is 1. The summed E-state index contributed by atoms with van der Waals surface area (Å²) in [5.74, 6) is -0.239. The van der Waals surface area contributed by atoms with Gasteiger partial charge in [-0.2, -0.15) is 4.99 Å². The molecule has 0 fully saturated rings. The van der Waals surface area contributed by atoms with Crippen LogP contribution in [0.15, 0.2) is 29.5 Å². The molecule has 1 aromatic rings. The first-order chi connectivity index (χ1) is 6.77. The van der Waals surface area contributed by atoms with Crippen molar-refractivity contribution < 1.29 is 4.79 Å². The third-order valence-electron chi connectivity index (χ3n) is 1.45. The second kappa shape index (κ2) is 5.82. The molecule has 5 heteroatoms. The maximum absolute atomic E-state index is 11.5. The molecular formula is C9H10N2OS2. The summed E-state index contributed by atoms with van der Waals surface area (Å²) in [5, 5.41) is 0. The number of hydrogen-bond acceptors (Lipinski definition) is 4. The molecule has 3 nitrogen and oxygen atoms in total. The lowest BCUT2D eigenvalue weighted by Gasteiger charge is -1.97. The SMILES string of the molecule is CSC(=NC(=O)c1cccnc1)SC. The largest absolute Gasteiger partial charge is 0.280 e. The Bertz CT molecular complexity index is 332. The van der Waals surface area contributed by atoms with E-state index in [2.05, 4.69) is 9.98 Å². The van der Waals surface area contributed by atoms with Crippen LogP contribution in [0, 0.1) is 0 Å². The van der Waals surface area contributed by atoms with Crippen molar-refractivity contribution in [3.63, 3.8) is 0 Å². The van der Waals surface area contributed by atoms with Gasteiger partial charge in [0.25, 0.3) is 5.91 Å². The molecule has 1 amide bonds. The molecule has 0 saturated heterocycles. The number of rotatable bonds is 1. The second-order valence-electron chi connectivity index (χ2n) is 2.33. The molecule has 14 heavy (non-hydrogen) atoms. The standard InChI is InChI=1S/C9H10N2OS2/c1-13-9(14-2)11-8(12)7-4-3-5-10-6-7/h3-6H,1-2H3. The summed E-state index contributed by atoms with van der Waals surface area (Å²) in [7, 11) is 0. The molecule has 1 heterocycles. The van der Waals surface area contributed by atoms with Gasteiger partial charge in [0.1, 0.15) is 4.38 Å². The van der Waals surface area contributed by atoms with E-state index in [9.17, 15) is 4.79 Å². The fourth-order valence-electron chi connectivity index (χ4n) is 0.811. The highest BCUT2D eigenvalue weighted by atomic mass is 32.2. The third-order valence-corrected chi connectivity index (χ3v) is 3.33. The molecular weight excluding hydrogens is 216 g/mol. The van der Waals surface area contributed by atoms with E-state index in [-0.39, 0.29) is 5.91 Å². The van der Waals surface area contributed by atoms with Crippen molar-refractivity contribution in [3.8, 4) is 0 Å². The highest BCUT2D eigenvalue weighted by Gasteiger charge is 2.04. The summed E-state index contributed by atoms with van der Waals surface area (Å²) in [6, 6.07) is 3.43. The summed E-state index contributed by atoms with van der Waals surface area (Å²) >= 11 is 2.93. The van der Waals surface area contributed by atoms with Crippen LogP contribution in [-0.4, -0.2) is 27.8 Å². The number of pyridine rings is 1. The average Bonchev–Trinajstić information content (AvgIpc) is 2.26. The predicted molar refractivity (Wildman–Crippen MR) is 63.0 cm³/mol. The molecule has 0 aliphatic heterocycles. The fourth-order valence-corrected chi connectivity index (χ4v) is 1.83. The highest BCUT2D eigenvalue weighted by molar-refractivity contribution is 8.38. The lowest BCUT2D eigenvalue weighted by atomic mass is 10.3. The second-order valence-corrected chi connectivity index (χ2v) is 4.18. The van der Waals surface area contributed by atoms with Crippen LogP contribution in [0.4, 0.5) is 0 Å². The predicted octanol–water partition coefficient (Wildman–Crippen LogP) is 2.30. The van der Waals surface area contributed by atoms with Gasteiger partial charge >= 0.3 is 0 Å². The van der Waals surface area contributed by atoms with E-state index in [0.29, 0.717) is 5.56 Å². The first-order valence-electron chi connectivity index (χ1n) is 3.89. The molecule has 0 aliphatic carbocycles. The summed E-state index contributed by atoms with van der Waals surface area (Å²) in [6.45, 7) is 0. The van der Waals surface area contributed by atoms with Crippen molar-refractivity contribution in [2.45, 2.75) is 0 Å². The maximum atomic E-state index is 11.5. The zero-order chi connectivity index (χ0) is 10.4. The van der Waals surface area contributed by atoms with Gasteiger partial charge in [-0.3, -0.25) is 9.78 Å². The van der Waals surface area contributed by atoms with Crippen LogP contribution in [-0.2, 0) is 0 Å².